The maximum Gasteiger partial charge on any atom is 0.335 e. The molecule has 0 unspecified atom stereocenters. The molecule has 1 amide bonds. The van der Waals surface area contributed by atoms with E-state index in [1.807, 2.05) is 31.2 Å². The first-order valence-corrected chi connectivity index (χ1v) is 7.38. The zero-order valence-electron chi connectivity index (χ0n) is 12.9. The molecule has 120 valence electrons. The van der Waals surface area contributed by atoms with Gasteiger partial charge in [-0.15, -0.1) is 0 Å². The molecule has 0 aliphatic carbocycles. The minimum absolute atomic E-state index is 0.144. The van der Waals surface area contributed by atoms with Crippen molar-refractivity contribution in [3.8, 4) is 5.75 Å². The maximum atomic E-state index is 11.9. The molecule has 0 saturated heterocycles. The van der Waals surface area contributed by atoms with Gasteiger partial charge in [0.15, 0.2) is 0 Å². The molecule has 0 aliphatic rings. The van der Waals surface area contributed by atoms with Gasteiger partial charge in [0.05, 0.1) is 12.2 Å². The maximum absolute atomic E-state index is 11.9. The van der Waals surface area contributed by atoms with E-state index in [-0.39, 0.29) is 11.5 Å². The van der Waals surface area contributed by atoms with Crippen molar-refractivity contribution < 1.29 is 19.4 Å². The van der Waals surface area contributed by atoms with Crippen LogP contribution in [0, 0.1) is 6.92 Å². The molecule has 0 aromatic heterocycles. The van der Waals surface area contributed by atoms with Gasteiger partial charge in [0, 0.05) is 12.1 Å². The Balaban J connectivity index is 1.76. The van der Waals surface area contributed by atoms with Crippen molar-refractivity contribution in [1.82, 2.24) is 0 Å². The largest absolute Gasteiger partial charge is 0.493 e. The predicted octanol–water partition coefficient (Wildman–Crippen LogP) is 3.49. The van der Waals surface area contributed by atoms with Crippen LogP contribution >= 0.6 is 0 Å². The van der Waals surface area contributed by atoms with Crippen molar-refractivity contribution in [1.29, 1.82) is 0 Å². The number of carboxylic acid groups (broad SMARTS) is 1. The van der Waals surface area contributed by atoms with E-state index < -0.39 is 5.97 Å². The molecule has 0 spiro atoms. The topological polar surface area (TPSA) is 75.6 Å². The lowest BCUT2D eigenvalue weighted by molar-refractivity contribution is -0.116. The van der Waals surface area contributed by atoms with E-state index >= 15 is 0 Å². The first-order valence-electron chi connectivity index (χ1n) is 7.38. The monoisotopic (exact) mass is 313 g/mol. The molecule has 2 rings (SSSR count). The number of aryl methyl sites for hydroxylation is 1. The number of para-hydroxylation sites is 1. The van der Waals surface area contributed by atoms with Crippen LogP contribution in [0.2, 0.25) is 0 Å². The van der Waals surface area contributed by atoms with Crippen LogP contribution in [-0.4, -0.2) is 23.6 Å². The van der Waals surface area contributed by atoms with Crippen LogP contribution in [0.1, 0.15) is 28.8 Å². The Morgan fingerprint density at radius 3 is 2.65 bits per heavy atom. The molecule has 0 fully saturated rings. The number of carboxylic acids is 1. The fraction of sp³-hybridized carbons (Fsp3) is 0.222. The van der Waals surface area contributed by atoms with Crippen molar-refractivity contribution in [2.24, 2.45) is 0 Å². The van der Waals surface area contributed by atoms with E-state index in [0.717, 1.165) is 11.3 Å². The SMILES string of the molecule is Cc1ccccc1OCCCC(=O)Nc1cccc(C(=O)O)c1. The summed E-state index contributed by atoms with van der Waals surface area (Å²) >= 11 is 0. The van der Waals surface area contributed by atoms with Gasteiger partial charge >= 0.3 is 5.97 Å². The van der Waals surface area contributed by atoms with Crippen LogP contribution in [-0.2, 0) is 4.79 Å². The number of hydrogen-bond acceptors (Lipinski definition) is 3. The molecule has 2 aromatic carbocycles. The van der Waals surface area contributed by atoms with Crippen LogP contribution in [0.4, 0.5) is 5.69 Å². The summed E-state index contributed by atoms with van der Waals surface area (Å²) in [4.78, 5) is 22.7. The second kappa shape index (κ2) is 7.98. The van der Waals surface area contributed by atoms with Gasteiger partial charge in [0.25, 0.3) is 0 Å². The normalized spacial score (nSPS) is 10.1. The molecule has 2 N–H and O–H groups in total. The number of anilines is 1. The highest BCUT2D eigenvalue weighted by atomic mass is 16.5. The highest BCUT2D eigenvalue weighted by molar-refractivity contribution is 5.93. The molecule has 0 heterocycles. The van der Waals surface area contributed by atoms with Gasteiger partial charge in [-0.2, -0.15) is 0 Å². The summed E-state index contributed by atoms with van der Waals surface area (Å²) in [5, 5.41) is 11.6. The third-order valence-electron chi connectivity index (χ3n) is 3.29. The predicted molar refractivity (Wildman–Crippen MR) is 87.9 cm³/mol. The van der Waals surface area contributed by atoms with Crippen molar-refractivity contribution in [3.05, 3.63) is 59.7 Å². The summed E-state index contributed by atoms with van der Waals surface area (Å²) in [7, 11) is 0. The smallest absolute Gasteiger partial charge is 0.335 e. The summed E-state index contributed by atoms with van der Waals surface area (Å²) in [5.74, 6) is -0.365. The minimum Gasteiger partial charge on any atom is -0.493 e. The Labute approximate surface area is 134 Å². The lowest BCUT2D eigenvalue weighted by atomic mass is 10.2. The van der Waals surface area contributed by atoms with Crippen LogP contribution in [0.3, 0.4) is 0 Å². The molecule has 5 nitrogen and oxygen atoms in total. The first kappa shape index (κ1) is 16.5. The molecular formula is C18H19NO4. The molecule has 0 atom stereocenters. The van der Waals surface area contributed by atoms with Gasteiger partial charge in [-0.05, 0) is 43.2 Å². The number of benzene rings is 2. The number of nitrogens with one attached hydrogen (secondary N) is 1. The third kappa shape index (κ3) is 5.14. The van der Waals surface area contributed by atoms with E-state index in [2.05, 4.69) is 5.32 Å². The lowest BCUT2D eigenvalue weighted by Gasteiger charge is -2.09. The first-order chi connectivity index (χ1) is 11.1. The summed E-state index contributed by atoms with van der Waals surface area (Å²) in [6, 6.07) is 13.9. The Bertz CT molecular complexity index is 697. The molecule has 0 bridgehead atoms. The third-order valence-corrected chi connectivity index (χ3v) is 3.29. The van der Waals surface area contributed by atoms with Crippen LogP contribution in [0.5, 0.6) is 5.75 Å². The number of aromatic carboxylic acids is 1. The standard InChI is InChI=1S/C18H19NO4/c1-13-6-2-3-9-16(13)23-11-5-10-17(20)19-15-8-4-7-14(12-15)18(21)22/h2-4,6-9,12H,5,10-11H2,1H3,(H,19,20)(H,21,22). The van der Waals surface area contributed by atoms with E-state index in [4.69, 9.17) is 9.84 Å². The molecule has 0 saturated carbocycles. The van der Waals surface area contributed by atoms with Gasteiger partial charge in [-0.25, -0.2) is 4.79 Å². The van der Waals surface area contributed by atoms with Gasteiger partial charge in [0.1, 0.15) is 5.75 Å². The van der Waals surface area contributed by atoms with Crippen molar-refractivity contribution in [2.75, 3.05) is 11.9 Å². The van der Waals surface area contributed by atoms with E-state index in [1.54, 1.807) is 12.1 Å². The average Bonchev–Trinajstić information content (AvgIpc) is 2.53. The molecule has 0 aliphatic heterocycles. The van der Waals surface area contributed by atoms with Gasteiger partial charge in [0.2, 0.25) is 5.91 Å². The highest BCUT2D eigenvalue weighted by Gasteiger charge is 2.06. The molecule has 5 heteroatoms. The quantitative estimate of drug-likeness (QED) is 0.767. The summed E-state index contributed by atoms with van der Waals surface area (Å²) < 4.78 is 5.63. The Morgan fingerprint density at radius 2 is 1.91 bits per heavy atom. The number of hydrogen-bond donors (Lipinski definition) is 2. The number of ether oxygens (including phenoxy) is 1. The van der Waals surface area contributed by atoms with Crippen LogP contribution in [0.15, 0.2) is 48.5 Å². The summed E-state index contributed by atoms with van der Waals surface area (Å²) in [5.41, 5.74) is 1.68. The highest BCUT2D eigenvalue weighted by Crippen LogP contribution is 2.16. The van der Waals surface area contributed by atoms with E-state index in [1.165, 1.54) is 12.1 Å². The van der Waals surface area contributed by atoms with Crippen LogP contribution < -0.4 is 10.1 Å². The zero-order valence-corrected chi connectivity index (χ0v) is 12.9. The van der Waals surface area contributed by atoms with E-state index in [9.17, 15) is 9.59 Å². The lowest BCUT2D eigenvalue weighted by Crippen LogP contribution is -2.13. The average molecular weight is 313 g/mol. The number of carbonyl (C=O) groups is 2. The van der Waals surface area contributed by atoms with E-state index in [0.29, 0.717) is 25.1 Å². The summed E-state index contributed by atoms with van der Waals surface area (Å²) in [6.45, 7) is 2.42. The molecular weight excluding hydrogens is 294 g/mol. The number of carbonyl (C=O) groups excluding carboxylic acids is 1. The van der Waals surface area contributed by atoms with Gasteiger partial charge in [-0.3, -0.25) is 4.79 Å². The van der Waals surface area contributed by atoms with Gasteiger partial charge in [-0.1, -0.05) is 24.3 Å². The van der Waals surface area contributed by atoms with Crippen molar-refractivity contribution in [2.45, 2.75) is 19.8 Å². The molecule has 2 aromatic rings. The minimum atomic E-state index is -1.02. The molecule has 0 radical (unpaired) electrons. The number of amides is 1. The Hall–Kier alpha value is -2.82. The molecule has 23 heavy (non-hydrogen) atoms. The summed E-state index contributed by atoms with van der Waals surface area (Å²) in [6.07, 6.45) is 0.891. The second-order valence-electron chi connectivity index (χ2n) is 5.15. The Morgan fingerprint density at radius 1 is 1.13 bits per heavy atom. The van der Waals surface area contributed by atoms with Gasteiger partial charge < -0.3 is 15.2 Å². The number of rotatable bonds is 7. The Kier molecular flexibility index (Phi) is 5.74. The van der Waals surface area contributed by atoms with Crippen molar-refractivity contribution in [3.63, 3.8) is 0 Å². The second-order valence-corrected chi connectivity index (χ2v) is 5.15. The fourth-order valence-corrected chi connectivity index (χ4v) is 2.09. The van der Waals surface area contributed by atoms with Crippen molar-refractivity contribution >= 4 is 17.6 Å². The van der Waals surface area contributed by atoms with Crippen LogP contribution in [0.25, 0.3) is 0 Å². The zero-order chi connectivity index (χ0) is 16.7. The fourth-order valence-electron chi connectivity index (χ4n) is 2.09.